The van der Waals surface area contributed by atoms with Crippen molar-refractivity contribution in [2.24, 2.45) is 10.7 Å². The number of nitrogens with two attached hydrogens (primary N) is 1. The molecule has 0 amide bonds. The van der Waals surface area contributed by atoms with Gasteiger partial charge in [-0.25, -0.2) is 17.7 Å². The highest BCUT2D eigenvalue weighted by Gasteiger charge is 2.51. The van der Waals surface area contributed by atoms with Crippen LogP contribution in [0.1, 0.15) is 47.7 Å². The molecule has 5 rings (SSSR count). The van der Waals surface area contributed by atoms with E-state index in [-0.39, 0.29) is 5.96 Å². The third-order valence-electron chi connectivity index (χ3n) is 6.85. The number of hydrogen-bond donors (Lipinski definition) is 1. The number of benzene rings is 1. The van der Waals surface area contributed by atoms with Gasteiger partial charge in [0.25, 0.3) is 0 Å². The van der Waals surface area contributed by atoms with E-state index < -0.39 is 20.8 Å². The molecule has 8 heteroatoms. The van der Waals surface area contributed by atoms with Crippen LogP contribution in [-0.4, -0.2) is 40.9 Å². The molecule has 2 N–H and O–H groups in total. The molecule has 2 aliphatic rings. The number of rotatable bonds is 2. The minimum atomic E-state index is -3.59. The largest absolute Gasteiger partial charge is 0.369 e. The van der Waals surface area contributed by atoms with E-state index in [0.29, 0.717) is 12.8 Å². The lowest BCUT2D eigenvalue weighted by Gasteiger charge is -2.41. The van der Waals surface area contributed by atoms with Crippen LogP contribution in [0.3, 0.4) is 0 Å². The average Bonchev–Trinajstić information content (AvgIpc) is 2.89. The Bertz CT molecular complexity index is 1370. The van der Waals surface area contributed by atoms with Crippen LogP contribution in [0.4, 0.5) is 0 Å². The second-order valence-electron chi connectivity index (χ2n) is 9.02. The van der Waals surface area contributed by atoms with Crippen LogP contribution < -0.4 is 5.73 Å². The van der Waals surface area contributed by atoms with Crippen molar-refractivity contribution in [3.05, 3.63) is 70.7 Å². The maximum absolute atomic E-state index is 13.2. The lowest BCUT2D eigenvalue weighted by atomic mass is 9.84. The zero-order valence-electron chi connectivity index (χ0n) is 18.5. The summed E-state index contributed by atoms with van der Waals surface area (Å²) in [5, 5.41) is 0.430. The molecule has 0 saturated heterocycles. The van der Waals surface area contributed by atoms with E-state index in [9.17, 15) is 8.42 Å². The summed E-state index contributed by atoms with van der Waals surface area (Å²) in [5.41, 5.74) is 11.2. The normalized spacial score (nSPS) is 24.4. The van der Waals surface area contributed by atoms with Gasteiger partial charge in [0.1, 0.15) is 10.8 Å². The zero-order chi connectivity index (χ0) is 22.7. The fraction of sp³-hybridized carbons (Fsp3) is 0.375. The predicted molar refractivity (Wildman–Crippen MR) is 126 cm³/mol. The molecule has 0 bridgehead atoms. The van der Waals surface area contributed by atoms with E-state index in [0.717, 1.165) is 56.0 Å². The third kappa shape index (κ3) is 3.16. The zero-order valence-corrected chi connectivity index (χ0v) is 19.4. The number of aromatic nitrogens is 2. The Morgan fingerprint density at radius 3 is 2.84 bits per heavy atom. The molecule has 0 radical (unpaired) electrons. The molecule has 0 saturated carbocycles. The summed E-state index contributed by atoms with van der Waals surface area (Å²) in [7, 11) is -2.10. The molecular weight excluding hydrogens is 422 g/mol. The Labute approximate surface area is 188 Å². The van der Waals surface area contributed by atoms with Crippen molar-refractivity contribution in [2.75, 3.05) is 7.05 Å². The third-order valence-corrected chi connectivity index (χ3v) is 9.22. The number of guanidine groups is 1. The van der Waals surface area contributed by atoms with Gasteiger partial charge in [-0.2, -0.15) is 0 Å². The standard InChI is InChI=1S/C24H27N5O2S/c1-15-11-18-9-10-26-20(22(18)27-14-15)13-16-7-8-17-5-4-6-21-24(2,19(17)12-16)28-23(25)29(3)32(21,30)31/h7-12,14,21H,4-6,13H2,1-3H3,(H2,25,28)/t21-,24+/m0/s1. The highest BCUT2D eigenvalue weighted by molar-refractivity contribution is 7.90. The summed E-state index contributed by atoms with van der Waals surface area (Å²) in [6, 6.07) is 10.4. The molecular formula is C24H27N5O2S. The molecule has 3 heterocycles. The minimum Gasteiger partial charge on any atom is -0.369 e. The van der Waals surface area contributed by atoms with E-state index in [1.807, 2.05) is 32.3 Å². The smallest absolute Gasteiger partial charge is 0.242 e. The molecule has 0 fully saturated rings. The molecule has 0 unspecified atom stereocenters. The van der Waals surface area contributed by atoms with Crippen molar-refractivity contribution >= 4 is 26.9 Å². The van der Waals surface area contributed by atoms with Gasteiger partial charge in [-0.15, -0.1) is 0 Å². The maximum Gasteiger partial charge on any atom is 0.242 e. The molecule has 7 nitrogen and oxygen atoms in total. The van der Waals surface area contributed by atoms with Crippen LogP contribution in [0.5, 0.6) is 0 Å². The van der Waals surface area contributed by atoms with Crippen molar-refractivity contribution in [1.82, 2.24) is 14.3 Å². The number of sulfonamides is 1. The predicted octanol–water partition coefficient (Wildman–Crippen LogP) is 3.04. The first-order chi connectivity index (χ1) is 15.2. The monoisotopic (exact) mass is 449 g/mol. The first-order valence-corrected chi connectivity index (χ1v) is 12.4. The molecule has 0 spiro atoms. The average molecular weight is 450 g/mol. The summed E-state index contributed by atoms with van der Waals surface area (Å²) in [6.45, 7) is 3.93. The summed E-state index contributed by atoms with van der Waals surface area (Å²) in [4.78, 5) is 13.9. The Balaban J connectivity index is 1.62. The number of pyridine rings is 2. The first-order valence-electron chi connectivity index (χ1n) is 10.9. The number of nitrogens with zero attached hydrogens (tertiary/aromatic N) is 4. The van der Waals surface area contributed by atoms with Crippen LogP contribution in [-0.2, 0) is 28.4 Å². The molecule has 1 aliphatic heterocycles. The van der Waals surface area contributed by atoms with Gasteiger partial charge in [-0.05, 0) is 67.5 Å². The van der Waals surface area contributed by atoms with Gasteiger partial charge < -0.3 is 5.73 Å². The summed E-state index contributed by atoms with van der Waals surface area (Å²) < 4.78 is 27.6. The lowest BCUT2D eigenvalue weighted by molar-refractivity contribution is 0.397. The van der Waals surface area contributed by atoms with Gasteiger partial charge in [-0.1, -0.05) is 18.2 Å². The Kier molecular flexibility index (Phi) is 4.74. The second kappa shape index (κ2) is 7.27. The fourth-order valence-corrected chi connectivity index (χ4v) is 7.01. The highest BCUT2D eigenvalue weighted by Crippen LogP contribution is 2.44. The van der Waals surface area contributed by atoms with Crippen LogP contribution in [0.2, 0.25) is 0 Å². The van der Waals surface area contributed by atoms with Crippen molar-refractivity contribution in [2.45, 2.75) is 50.3 Å². The van der Waals surface area contributed by atoms with Crippen molar-refractivity contribution in [3.63, 3.8) is 0 Å². The maximum atomic E-state index is 13.2. The minimum absolute atomic E-state index is 0.0392. The molecule has 3 aromatic rings. The van der Waals surface area contributed by atoms with Gasteiger partial charge >= 0.3 is 0 Å². The van der Waals surface area contributed by atoms with E-state index in [2.05, 4.69) is 34.2 Å². The van der Waals surface area contributed by atoms with Gasteiger partial charge in [0.2, 0.25) is 16.0 Å². The van der Waals surface area contributed by atoms with Gasteiger partial charge in [-0.3, -0.25) is 9.97 Å². The molecule has 1 aromatic carbocycles. The van der Waals surface area contributed by atoms with Crippen LogP contribution >= 0.6 is 0 Å². The quantitative estimate of drug-likeness (QED) is 0.648. The molecule has 1 aliphatic carbocycles. The summed E-state index contributed by atoms with van der Waals surface area (Å²) in [5.74, 6) is 0.0392. The van der Waals surface area contributed by atoms with E-state index >= 15 is 0 Å². The summed E-state index contributed by atoms with van der Waals surface area (Å²) >= 11 is 0. The van der Waals surface area contributed by atoms with Gasteiger partial charge in [0, 0.05) is 31.2 Å². The highest BCUT2D eigenvalue weighted by atomic mass is 32.2. The Morgan fingerprint density at radius 1 is 1.22 bits per heavy atom. The molecule has 166 valence electrons. The number of aryl methyl sites for hydroxylation is 2. The Morgan fingerprint density at radius 2 is 2.03 bits per heavy atom. The van der Waals surface area contributed by atoms with Gasteiger partial charge in [0.15, 0.2) is 0 Å². The molecule has 2 atom stereocenters. The Hall–Kier alpha value is -3.00. The number of hydrogen-bond acceptors (Lipinski definition) is 6. The number of aliphatic imine (C=N–C) groups is 1. The molecule has 32 heavy (non-hydrogen) atoms. The fourth-order valence-electron chi connectivity index (χ4n) is 5.11. The van der Waals surface area contributed by atoms with Crippen molar-refractivity contribution in [1.29, 1.82) is 0 Å². The summed E-state index contributed by atoms with van der Waals surface area (Å²) in [6.07, 6.45) is 6.45. The van der Waals surface area contributed by atoms with E-state index in [1.54, 1.807) is 0 Å². The van der Waals surface area contributed by atoms with Crippen molar-refractivity contribution in [3.8, 4) is 0 Å². The van der Waals surface area contributed by atoms with E-state index in [1.165, 1.54) is 7.05 Å². The van der Waals surface area contributed by atoms with Crippen LogP contribution in [0, 0.1) is 6.92 Å². The van der Waals surface area contributed by atoms with Gasteiger partial charge in [0.05, 0.1) is 11.2 Å². The van der Waals surface area contributed by atoms with E-state index in [4.69, 9.17) is 10.7 Å². The van der Waals surface area contributed by atoms with Crippen molar-refractivity contribution < 1.29 is 8.42 Å². The first kappa shape index (κ1) is 20.9. The topological polar surface area (TPSA) is 102 Å². The van der Waals surface area contributed by atoms with Crippen LogP contribution in [0.25, 0.3) is 10.9 Å². The number of fused-ring (bicyclic) bond motifs is 4. The van der Waals surface area contributed by atoms with Crippen LogP contribution in [0.15, 0.2) is 47.7 Å². The molecule has 2 aromatic heterocycles. The lowest BCUT2D eigenvalue weighted by Crippen LogP contribution is -2.56. The SMILES string of the molecule is Cc1cnc2c(Cc3ccc4c(c3)[C@@]3(C)N=C(N)N(C)S(=O)(=O)[C@H]3CCC4)nccc2c1. The second-order valence-corrected chi connectivity index (χ2v) is 11.2.